The van der Waals surface area contributed by atoms with Crippen LogP contribution < -0.4 is 5.32 Å². The highest BCUT2D eigenvalue weighted by molar-refractivity contribution is 8.00. The molecular formula is C17H17N5OS. The highest BCUT2D eigenvalue weighted by Crippen LogP contribution is 2.25. The Hall–Kier alpha value is -2.67. The molecule has 1 N–H and O–H groups in total. The number of rotatable bonds is 5. The Morgan fingerprint density at radius 3 is 2.58 bits per heavy atom. The van der Waals surface area contributed by atoms with Gasteiger partial charge < -0.3 is 5.32 Å². The normalized spacial score (nSPS) is 11.9. The molecule has 24 heavy (non-hydrogen) atoms. The quantitative estimate of drug-likeness (QED) is 0.723. The standard InChI is InChI=1S/C17H17N5OS/c1-12-8-6-7-11-15(12)22-17(19-20-21-22)24-13(2)16(23)18-14-9-4-3-5-10-14/h3-11,13H,1-2H3,(H,18,23). The fourth-order valence-electron chi connectivity index (χ4n) is 2.18. The lowest BCUT2D eigenvalue weighted by Crippen LogP contribution is -2.22. The van der Waals surface area contributed by atoms with Crippen molar-refractivity contribution in [3.8, 4) is 5.69 Å². The Morgan fingerprint density at radius 1 is 1.12 bits per heavy atom. The van der Waals surface area contributed by atoms with Crippen LogP contribution in [0.5, 0.6) is 0 Å². The molecule has 1 atom stereocenters. The number of anilines is 1. The van der Waals surface area contributed by atoms with Crippen molar-refractivity contribution in [2.75, 3.05) is 5.32 Å². The fourth-order valence-corrected chi connectivity index (χ4v) is 2.98. The first-order valence-corrected chi connectivity index (χ1v) is 8.40. The molecule has 3 rings (SSSR count). The molecule has 0 saturated carbocycles. The van der Waals surface area contributed by atoms with Crippen LogP contribution in [0.25, 0.3) is 5.69 Å². The third-order valence-electron chi connectivity index (χ3n) is 3.48. The van der Waals surface area contributed by atoms with Gasteiger partial charge in [-0.05, 0) is 48.0 Å². The number of carbonyl (C=O) groups is 1. The van der Waals surface area contributed by atoms with Crippen LogP contribution in [0, 0.1) is 6.92 Å². The number of aromatic nitrogens is 4. The minimum Gasteiger partial charge on any atom is -0.325 e. The Bertz CT molecular complexity index is 834. The molecule has 3 aromatic rings. The molecule has 0 aliphatic carbocycles. The first kappa shape index (κ1) is 16.2. The molecule has 0 aliphatic heterocycles. The zero-order valence-corrected chi connectivity index (χ0v) is 14.2. The van der Waals surface area contributed by atoms with Gasteiger partial charge in [-0.2, -0.15) is 4.68 Å². The van der Waals surface area contributed by atoms with Crippen LogP contribution in [0.3, 0.4) is 0 Å². The summed E-state index contributed by atoms with van der Waals surface area (Å²) >= 11 is 1.32. The van der Waals surface area contributed by atoms with Gasteiger partial charge in [0.2, 0.25) is 11.1 Å². The summed E-state index contributed by atoms with van der Waals surface area (Å²) < 4.78 is 1.66. The van der Waals surface area contributed by atoms with Crippen LogP contribution in [0.15, 0.2) is 59.8 Å². The van der Waals surface area contributed by atoms with Crippen LogP contribution in [0.1, 0.15) is 12.5 Å². The van der Waals surface area contributed by atoms with Gasteiger partial charge in [0.25, 0.3) is 0 Å². The van der Waals surface area contributed by atoms with Gasteiger partial charge in [-0.1, -0.05) is 48.2 Å². The number of benzene rings is 2. The Labute approximate surface area is 144 Å². The zero-order valence-electron chi connectivity index (χ0n) is 13.4. The number of carbonyl (C=O) groups excluding carboxylic acids is 1. The summed E-state index contributed by atoms with van der Waals surface area (Å²) in [4.78, 5) is 12.3. The number of nitrogens with one attached hydrogen (secondary N) is 1. The highest BCUT2D eigenvalue weighted by atomic mass is 32.2. The summed E-state index contributed by atoms with van der Waals surface area (Å²) in [6, 6.07) is 17.2. The van der Waals surface area contributed by atoms with E-state index in [1.165, 1.54) is 11.8 Å². The molecule has 0 saturated heterocycles. The molecule has 0 aliphatic rings. The zero-order chi connectivity index (χ0) is 16.9. The molecule has 0 fully saturated rings. The summed E-state index contributed by atoms with van der Waals surface area (Å²) in [7, 11) is 0. The average molecular weight is 339 g/mol. The molecule has 1 heterocycles. The van der Waals surface area contributed by atoms with E-state index in [9.17, 15) is 4.79 Å². The monoisotopic (exact) mass is 339 g/mol. The van der Waals surface area contributed by atoms with Crippen molar-refractivity contribution in [3.63, 3.8) is 0 Å². The Morgan fingerprint density at radius 2 is 1.83 bits per heavy atom. The molecule has 1 amide bonds. The lowest BCUT2D eigenvalue weighted by Gasteiger charge is -2.12. The third-order valence-corrected chi connectivity index (χ3v) is 4.51. The number of hydrogen-bond acceptors (Lipinski definition) is 5. The van der Waals surface area contributed by atoms with E-state index in [0.717, 1.165) is 16.9 Å². The largest absolute Gasteiger partial charge is 0.325 e. The predicted molar refractivity (Wildman–Crippen MR) is 94.3 cm³/mol. The van der Waals surface area contributed by atoms with E-state index in [1.807, 2.05) is 68.4 Å². The van der Waals surface area contributed by atoms with Gasteiger partial charge in [-0.25, -0.2) is 0 Å². The lowest BCUT2D eigenvalue weighted by atomic mass is 10.2. The first-order chi connectivity index (χ1) is 11.6. The van der Waals surface area contributed by atoms with Crippen molar-refractivity contribution in [2.24, 2.45) is 0 Å². The van der Waals surface area contributed by atoms with Crippen molar-refractivity contribution in [1.82, 2.24) is 20.2 Å². The van der Waals surface area contributed by atoms with Gasteiger partial charge in [0.1, 0.15) is 0 Å². The van der Waals surface area contributed by atoms with Crippen LogP contribution in [-0.4, -0.2) is 31.4 Å². The van der Waals surface area contributed by atoms with Crippen molar-refractivity contribution in [3.05, 3.63) is 60.2 Å². The van der Waals surface area contributed by atoms with E-state index < -0.39 is 0 Å². The van der Waals surface area contributed by atoms with E-state index >= 15 is 0 Å². The van der Waals surface area contributed by atoms with E-state index in [-0.39, 0.29) is 11.2 Å². The molecule has 6 nitrogen and oxygen atoms in total. The van der Waals surface area contributed by atoms with Crippen LogP contribution in [-0.2, 0) is 4.79 Å². The molecule has 0 spiro atoms. The Kier molecular flexibility index (Phi) is 4.90. The summed E-state index contributed by atoms with van der Waals surface area (Å²) in [5.41, 5.74) is 2.74. The second-order valence-corrected chi connectivity index (χ2v) is 6.58. The number of para-hydroxylation sites is 2. The fraction of sp³-hybridized carbons (Fsp3) is 0.176. The van der Waals surface area contributed by atoms with Crippen LogP contribution >= 0.6 is 11.8 Å². The van der Waals surface area contributed by atoms with Crippen molar-refractivity contribution in [1.29, 1.82) is 0 Å². The molecule has 122 valence electrons. The van der Waals surface area contributed by atoms with E-state index in [2.05, 4.69) is 20.8 Å². The molecule has 1 unspecified atom stereocenters. The molecular weight excluding hydrogens is 322 g/mol. The summed E-state index contributed by atoms with van der Waals surface area (Å²) in [5, 5.41) is 15.0. The number of nitrogens with zero attached hydrogens (tertiary/aromatic N) is 4. The first-order valence-electron chi connectivity index (χ1n) is 7.52. The maximum atomic E-state index is 12.3. The molecule has 0 bridgehead atoms. The minimum absolute atomic E-state index is 0.0921. The maximum absolute atomic E-state index is 12.3. The molecule has 0 radical (unpaired) electrons. The number of aryl methyl sites for hydroxylation is 1. The molecule has 1 aromatic heterocycles. The van der Waals surface area contributed by atoms with E-state index in [0.29, 0.717) is 5.16 Å². The number of hydrogen-bond donors (Lipinski definition) is 1. The summed E-state index contributed by atoms with van der Waals surface area (Å²) in [6.45, 7) is 3.83. The third kappa shape index (κ3) is 3.62. The molecule has 7 heteroatoms. The summed E-state index contributed by atoms with van der Waals surface area (Å²) in [5.74, 6) is -0.0921. The van der Waals surface area contributed by atoms with Gasteiger partial charge in [-0.15, -0.1) is 5.10 Å². The topological polar surface area (TPSA) is 72.7 Å². The number of tetrazole rings is 1. The van der Waals surface area contributed by atoms with Crippen molar-refractivity contribution in [2.45, 2.75) is 24.3 Å². The van der Waals surface area contributed by atoms with E-state index in [1.54, 1.807) is 4.68 Å². The predicted octanol–water partition coefficient (Wildman–Crippen LogP) is 3.09. The Balaban J connectivity index is 1.74. The second kappa shape index (κ2) is 7.27. The second-order valence-electron chi connectivity index (χ2n) is 5.28. The van der Waals surface area contributed by atoms with Gasteiger partial charge in [-0.3, -0.25) is 4.79 Å². The lowest BCUT2D eigenvalue weighted by molar-refractivity contribution is -0.115. The van der Waals surface area contributed by atoms with Crippen molar-refractivity contribution >= 4 is 23.4 Å². The van der Waals surface area contributed by atoms with Gasteiger partial charge >= 0.3 is 0 Å². The van der Waals surface area contributed by atoms with Gasteiger partial charge in [0.05, 0.1) is 10.9 Å². The van der Waals surface area contributed by atoms with Crippen molar-refractivity contribution < 1.29 is 4.79 Å². The van der Waals surface area contributed by atoms with Crippen LogP contribution in [0.2, 0.25) is 0 Å². The van der Waals surface area contributed by atoms with Crippen LogP contribution in [0.4, 0.5) is 5.69 Å². The molecule has 2 aromatic carbocycles. The smallest absolute Gasteiger partial charge is 0.237 e. The average Bonchev–Trinajstić information content (AvgIpc) is 3.04. The SMILES string of the molecule is Cc1ccccc1-n1nnnc1SC(C)C(=O)Nc1ccccc1. The van der Waals surface area contributed by atoms with E-state index in [4.69, 9.17) is 0 Å². The van der Waals surface area contributed by atoms with Gasteiger partial charge in [0.15, 0.2) is 0 Å². The van der Waals surface area contributed by atoms with Gasteiger partial charge in [0, 0.05) is 5.69 Å². The highest BCUT2D eigenvalue weighted by Gasteiger charge is 2.19. The summed E-state index contributed by atoms with van der Waals surface area (Å²) in [6.07, 6.45) is 0. The maximum Gasteiger partial charge on any atom is 0.237 e. The number of thioether (sulfide) groups is 1. The number of amides is 1. The minimum atomic E-state index is -0.334.